The van der Waals surface area contributed by atoms with Gasteiger partial charge in [0.15, 0.2) is 4.96 Å². The molecule has 3 aromatic rings. The van der Waals surface area contributed by atoms with E-state index in [1.54, 1.807) is 11.3 Å². The molecule has 0 unspecified atom stereocenters. The third kappa shape index (κ3) is 2.18. The number of rotatable bonds is 3. The first-order valence-electron chi connectivity index (χ1n) is 6.24. The van der Waals surface area contributed by atoms with E-state index in [0.717, 1.165) is 17.1 Å². The van der Waals surface area contributed by atoms with Crippen LogP contribution in [-0.2, 0) is 6.42 Å². The van der Waals surface area contributed by atoms with E-state index in [-0.39, 0.29) is 0 Å². The summed E-state index contributed by atoms with van der Waals surface area (Å²) in [6, 6.07) is 8.76. The van der Waals surface area contributed by atoms with Gasteiger partial charge in [0.2, 0.25) is 0 Å². The molecule has 2 aromatic heterocycles. The van der Waals surface area contributed by atoms with Crippen molar-refractivity contribution in [1.29, 1.82) is 0 Å². The summed E-state index contributed by atoms with van der Waals surface area (Å²) in [7, 11) is 0. The molecule has 2 nitrogen and oxygen atoms in total. The highest BCUT2D eigenvalue weighted by molar-refractivity contribution is 7.15. The van der Waals surface area contributed by atoms with Crippen molar-refractivity contribution in [2.24, 2.45) is 5.92 Å². The smallest absolute Gasteiger partial charge is 0.194 e. The van der Waals surface area contributed by atoms with Crippen molar-refractivity contribution in [3.8, 4) is 11.3 Å². The number of benzene rings is 1. The van der Waals surface area contributed by atoms with Crippen molar-refractivity contribution >= 4 is 16.3 Å². The first kappa shape index (κ1) is 11.5. The summed E-state index contributed by atoms with van der Waals surface area (Å²) in [4.78, 5) is 5.67. The lowest BCUT2D eigenvalue weighted by Gasteiger charge is -2.05. The number of hydrogen-bond donors (Lipinski definition) is 0. The maximum Gasteiger partial charge on any atom is 0.194 e. The van der Waals surface area contributed by atoms with Gasteiger partial charge in [-0.05, 0) is 17.9 Å². The number of hydrogen-bond acceptors (Lipinski definition) is 2. The number of imidazole rings is 1. The average molecular weight is 256 g/mol. The van der Waals surface area contributed by atoms with Crippen LogP contribution in [0.25, 0.3) is 16.2 Å². The lowest BCUT2D eigenvalue weighted by Crippen LogP contribution is -1.93. The Hall–Kier alpha value is -1.61. The maximum atomic E-state index is 4.62. The molecule has 0 aliphatic carbocycles. The predicted octanol–water partition coefficient (Wildman–Crippen LogP) is 4.26. The molecule has 0 amide bonds. The van der Waals surface area contributed by atoms with Crippen molar-refractivity contribution in [3.63, 3.8) is 0 Å². The van der Waals surface area contributed by atoms with Gasteiger partial charge in [-0.2, -0.15) is 0 Å². The van der Waals surface area contributed by atoms with E-state index in [4.69, 9.17) is 0 Å². The fourth-order valence-electron chi connectivity index (χ4n) is 2.15. The number of thiazole rings is 1. The zero-order valence-electron chi connectivity index (χ0n) is 10.6. The topological polar surface area (TPSA) is 17.3 Å². The zero-order valence-corrected chi connectivity index (χ0v) is 11.4. The Morgan fingerprint density at radius 3 is 2.67 bits per heavy atom. The van der Waals surface area contributed by atoms with Crippen molar-refractivity contribution in [3.05, 3.63) is 47.6 Å². The van der Waals surface area contributed by atoms with Crippen LogP contribution in [0.3, 0.4) is 0 Å². The highest BCUT2D eigenvalue weighted by Crippen LogP contribution is 2.22. The van der Waals surface area contributed by atoms with Gasteiger partial charge >= 0.3 is 0 Å². The minimum absolute atomic E-state index is 0.703. The Morgan fingerprint density at radius 1 is 1.22 bits per heavy atom. The van der Waals surface area contributed by atoms with Crippen LogP contribution in [0.15, 0.2) is 42.0 Å². The highest BCUT2D eigenvalue weighted by Gasteiger charge is 2.05. The first-order valence-corrected chi connectivity index (χ1v) is 7.12. The summed E-state index contributed by atoms with van der Waals surface area (Å²) in [5.41, 5.74) is 3.64. The lowest BCUT2D eigenvalue weighted by atomic mass is 10.0. The van der Waals surface area contributed by atoms with Gasteiger partial charge in [0, 0.05) is 23.3 Å². The summed E-state index contributed by atoms with van der Waals surface area (Å²) < 4.78 is 2.07. The molecule has 3 heteroatoms. The summed E-state index contributed by atoms with van der Waals surface area (Å²) in [5, 5.41) is 2.05. The monoisotopic (exact) mass is 256 g/mol. The van der Waals surface area contributed by atoms with Gasteiger partial charge in [0.05, 0.1) is 5.69 Å². The van der Waals surface area contributed by atoms with Gasteiger partial charge in [0.1, 0.15) is 0 Å². The van der Waals surface area contributed by atoms with Crippen molar-refractivity contribution in [1.82, 2.24) is 9.38 Å². The fraction of sp³-hybridized carbons (Fsp3) is 0.267. The second kappa shape index (κ2) is 4.58. The van der Waals surface area contributed by atoms with Crippen molar-refractivity contribution in [2.75, 3.05) is 0 Å². The molecule has 3 rings (SSSR count). The van der Waals surface area contributed by atoms with Crippen LogP contribution in [0.2, 0.25) is 0 Å². The summed E-state index contributed by atoms with van der Waals surface area (Å²) in [6.45, 7) is 4.49. The van der Waals surface area contributed by atoms with E-state index < -0.39 is 0 Å². The lowest BCUT2D eigenvalue weighted by molar-refractivity contribution is 0.647. The van der Waals surface area contributed by atoms with Gasteiger partial charge in [-0.3, -0.25) is 4.40 Å². The van der Waals surface area contributed by atoms with Gasteiger partial charge in [-0.1, -0.05) is 38.1 Å². The quantitative estimate of drug-likeness (QED) is 0.684. The standard InChI is InChI=1S/C15H16N2S/c1-11(2)9-12-3-5-13(6-4-12)14-10-17-7-8-18-15(17)16-14/h3-8,10-11H,9H2,1-2H3. The molecule has 18 heavy (non-hydrogen) atoms. The molecule has 0 aliphatic heterocycles. The van der Waals surface area contributed by atoms with Gasteiger partial charge < -0.3 is 0 Å². The van der Waals surface area contributed by atoms with Crippen LogP contribution >= 0.6 is 11.3 Å². The second-order valence-electron chi connectivity index (χ2n) is 5.01. The largest absolute Gasteiger partial charge is 0.297 e. The van der Waals surface area contributed by atoms with Crippen LogP contribution in [0.4, 0.5) is 0 Å². The molecule has 0 N–H and O–H groups in total. The van der Waals surface area contributed by atoms with Crippen molar-refractivity contribution < 1.29 is 0 Å². The molecule has 0 saturated carbocycles. The van der Waals surface area contributed by atoms with Gasteiger partial charge in [0.25, 0.3) is 0 Å². The van der Waals surface area contributed by atoms with Crippen LogP contribution in [0.1, 0.15) is 19.4 Å². The summed E-state index contributed by atoms with van der Waals surface area (Å²) in [6.07, 6.45) is 5.27. The third-order valence-corrected chi connectivity index (χ3v) is 3.76. The highest BCUT2D eigenvalue weighted by atomic mass is 32.1. The Labute approximate surface area is 111 Å². The molecular formula is C15H16N2S. The number of nitrogens with zero attached hydrogens (tertiary/aromatic N) is 2. The number of aromatic nitrogens is 2. The van der Waals surface area contributed by atoms with Crippen molar-refractivity contribution in [2.45, 2.75) is 20.3 Å². The molecule has 0 fully saturated rings. The number of fused-ring (bicyclic) bond motifs is 1. The third-order valence-electron chi connectivity index (χ3n) is 2.99. The van der Waals surface area contributed by atoms with Gasteiger partial charge in [-0.15, -0.1) is 11.3 Å². The van der Waals surface area contributed by atoms with E-state index in [0.29, 0.717) is 5.92 Å². The summed E-state index contributed by atoms with van der Waals surface area (Å²) in [5.74, 6) is 0.703. The second-order valence-corrected chi connectivity index (χ2v) is 5.89. The fourth-order valence-corrected chi connectivity index (χ4v) is 2.85. The van der Waals surface area contributed by atoms with Crippen LogP contribution in [0, 0.1) is 5.92 Å². The van der Waals surface area contributed by atoms with E-state index in [2.05, 4.69) is 59.1 Å². The normalized spacial score (nSPS) is 11.5. The van der Waals surface area contributed by atoms with Crippen LogP contribution in [0.5, 0.6) is 0 Å². The molecule has 0 aliphatic rings. The van der Waals surface area contributed by atoms with E-state index in [1.807, 2.05) is 6.20 Å². The van der Waals surface area contributed by atoms with Gasteiger partial charge in [-0.25, -0.2) is 4.98 Å². The molecule has 0 atom stereocenters. The molecule has 0 radical (unpaired) electrons. The minimum atomic E-state index is 0.703. The van der Waals surface area contributed by atoms with E-state index in [1.165, 1.54) is 11.1 Å². The SMILES string of the molecule is CC(C)Cc1ccc(-c2cn3ccsc3n2)cc1. The molecular weight excluding hydrogens is 240 g/mol. The molecule has 0 spiro atoms. The average Bonchev–Trinajstić information content (AvgIpc) is 2.89. The Morgan fingerprint density at radius 2 is 2.00 bits per heavy atom. The Bertz CT molecular complexity index is 618. The Balaban J connectivity index is 1.90. The van der Waals surface area contributed by atoms with Crippen LogP contribution in [-0.4, -0.2) is 9.38 Å². The predicted molar refractivity (Wildman–Crippen MR) is 77.0 cm³/mol. The Kier molecular flexibility index (Phi) is 2.92. The van der Waals surface area contributed by atoms with E-state index in [9.17, 15) is 0 Å². The molecule has 1 aromatic carbocycles. The summed E-state index contributed by atoms with van der Waals surface area (Å²) >= 11 is 1.67. The molecule has 2 heterocycles. The maximum absolute atomic E-state index is 4.62. The molecule has 92 valence electrons. The van der Waals surface area contributed by atoms with Crippen LogP contribution < -0.4 is 0 Å². The minimum Gasteiger partial charge on any atom is -0.297 e. The van der Waals surface area contributed by atoms with E-state index >= 15 is 0 Å². The molecule has 0 saturated heterocycles. The first-order chi connectivity index (χ1) is 8.72. The molecule has 0 bridgehead atoms. The zero-order chi connectivity index (χ0) is 12.5.